The standard InChI is InChI=1S/C23H36O6P2.4Na/c1-18(2)7-6-8-20(5)15-16-23(30(24,25)26,31(27,28)29)17-22-13-11-21(12-14-22)10-9-19(3)4;;;;/h7,9,11-15H,6,8,10,16-17H2,1-5H3,(H2,24,25,26)(H2,27,28,29);;;;/q;4*+1/p-4/b20-15+;;;;. The molecule has 174 valence electrons. The van der Waals surface area contributed by atoms with E-state index in [1.54, 1.807) is 31.2 Å². The first-order valence-corrected chi connectivity index (χ1v) is 13.3. The van der Waals surface area contributed by atoms with Crippen LogP contribution in [0.2, 0.25) is 0 Å². The summed E-state index contributed by atoms with van der Waals surface area (Å²) in [5.41, 5.74) is 4.26. The molecule has 1 aromatic carbocycles. The molecule has 35 heavy (non-hydrogen) atoms. The van der Waals surface area contributed by atoms with Crippen LogP contribution in [0.25, 0.3) is 0 Å². The van der Waals surface area contributed by atoms with Crippen molar-refractivity contribution in [1.82, 2.24) is 0 Å². The van der Waals surface area contributed by atoms with Crippen molar-refractivity contribution in [3.63, 3.8) is 0 Å². The zero-order valence-corrected chi connectivity index (χ0v) is 32.7. The number of hydrogen-bond acceptors (Lipinski definition) is 6. The van der Waals surface area contributed by atoms with Crippen molar-refractivity contribution in [3.8, 4) is 0 Å². The summed E-state index contributed by atoms with van der Waals surface area (Å²) in [4.78, 5) is 45.5. The monoisotopic (exact) mass is 558 g/mol. The summed E-state index contributed by atoms with van der Waals surface area (Å²) in [5, 5.41) is 0. The summed E-state index contributed by atoms with van der Waals surface area (Å²) in [6, 6.07) is 6.61. The maximum Gasteiger partial charge on any atom is 1.00 e. The molecule has 1 rings (SSSR count). The molecular formula is C23H32Na4O6P2. The molecule has 6 nitrogen and oxygen atoms in total. The Morgan fingerprint density at radius 3 is 1.57 bits per heavy atom. The van der Waals surface area contributed by atoms with E-state index in [1.807, 2.05) is 39.8 Å². The van der Waals surface area contributed by atoms with Crippen LogP contribution in [0, 0.1) is 0 Å². The molecule has 0 amide bonds. The molecule has 1 aromatic rings. The van der Waals surface area contributed by atoms with E-state index in [-0.39, 0.29) is 118 Å². The quantitative estimate of drug-likeness (QED) is 0.151. The van der Waals surface area contributed by atoms with Crippen LogP contribution in [0.4, 0.5) is 0 Å². The van der Waals surface area contributed by atoms with Gasteiger partial charge in [0.2, 0.25) is 0 Å². The Morgan fingerprint density at radius 1 is 0.743 bits per heavy atom. The molecule has 0 aliphatic rings. The second kappa shape index (κ2) is 20.6. The average Bonchev–Trinajstić information content (AvgIpc) is 2.62. The first-order valence-electron chi connectivity index (χ1n) is 10.2. The molecule has 0 radical (unpaired) electrons. The molecular weight excluding hydrogens is 526 g/mol. The van der Waals surface area contributed by atoms with Crippen molar-refractivity contribution in [1.29, 1.82) is 0 Å². The molecule has 0 spiro atoms. The van der Waals surface area contributed by atoms with Crippen molar-refractivity contribution in [3.05, 3.63) is 70.3 Å². The van der Waals surface area contributed by atoms with Gasteiger partial charge in [0.15, 0.2) is 0 Å². The Hall–Kier alpha value is 2.74. The predicted octanol–water partition coefficient (Wildman–Crippen LogP) is -8.64. The number of hydrogen-bond donors (Lipinski definition) is 0. The Labute approximate surface area is 299 Å². The van der Waals surface area contributed by atoms with E-state index in [1.165, 1.54) is 6.08 Å². The fourth-order valence-electron chi connectivity index (χ4n) is 3.11. The molecule has 0 fully saturated rings. The van der Waals surface area contributed by atoms with Gasteiger partial charge in [-0.2, -0.15) is 0 Å². The van der Waals surface area contributed by atoms with Crippen LogP contribution in [0.1, 0.15) is 65.0 Å². The molecule has 0 aliphatic carbocycles. The largest absolute Gasteiger partial charge is 1.00 e. The second-order valence-electron chi connectivity index (χ2n) is 8.53. The van der Waals surface area contributed by atoms with Crippen molar-refractivity contribution < 1.29 is 147 Å². The Kier molecular flexibility index (Phi) is 26.3. The van der Waals surface area contributed by atoms with Crippen molar-refractivity contribution >= 4 is 15.2 Å². The van der Waals surface area contributed by atoms with Gasteiger partial charge in [-0.25, -0.2) is 0 Å². The summed E-state index contributed by atoms with van der Waals surface area (Å²) >= 11 is 0. The van der Waals surface area contributed by atoms with Gasteiger partial charge in [-0.05, 0) is 77.8 Å². The number of rotatable bonds is 11. The van der Waals surface area contributed by atoms with Gasteiger partial charge in [0.05, 0.1) is 0 Å². The van der Waals surface area contributed by atoms with Gasteiger partial charge in [0.1, 0.15) is 0 Å². The van der Waals surface area contributed by atoms with Crippen LogP contribution in [0.5, 0.6) is 0 Å². The normalized spacial score (nSPS) is 11.6. The molecule has 0 bridgehead atoms. The molecule has 12 heteroatoms. The van der Waals surface area contributed by atoms with Gasteiger partial charge in [-0.15, -0.1) is 0 Å². The molecule has 0 saturated heterocycles. The molecule has 0 aromatic heterocycles. The van der Waals surface area contributed by atoms with E-state index >= 15 is 0 Å². The van der Waals surface area contributed by atoms with Crippen LogP contribution >= 0.6 is 15.2 Å². The minimum atomic E-state index is -5.78. The molecule has 0 aliphatic heterocycles. The zero-order chi connectivity index (χ0) is 23.9. The van der Waals surface area contributed by atoms with E-state index in [9.17, 15) is 28.7 Å². The maximum absolute atomic E-state index is 12.1. The van der Waals surface area contributed by atoms with E-state index in [0.717, 1.165) is 22.3 Å². The third-order valence-electron chi connectivity index (χ3n) is 5.14. The Bertz CT molecular complexity index is 904. The maximum atomic E-state index is 12.1. The van der Waals surface area contributed by atoms with Crippen LogP contribution < -0.4 is 138 Å². The third kappa shape index (κ3) is 15.9. The summed E-state index contributed by atoms with van der Waals surface area (Å²) < 4.78 is 24.2. The topological polar surface area (TPSA) is 126 Å². The van der Waals surface area contributed by atoms with Crippen LogP contribution in [0.15, 0.2) is 59.2 Å². The summed E-state index contributed by atoms with van der Waals surface area (Å²) in [6.45, 7) is 9.56. The van der Waals surface area contributed by atoms with Gasteiger partial charge in [0.25, 0.3) is 0 Å². The second-order valence-corrected chi connectivity index (χ2v) is 12.6. The van der Waals surface area contributed by atoms with E-state index in [0.29, 0.717) is 24.8 Å². The van der Waals surface area contributed by atoms with Gasteiger partial charge in [-0.1, -0.05) is 74.4 Å². The minimum absolute atomic E-state index is 0. The molecule has 0 N–H and O–H groups in total. The summed E-state index contributed by atoms with van der Waals surface area (Å²) in [6.07, 6.45) is 6.05. The zero-order valence-electron chi connectivity index (χ0n) is 22.9. The Morgan fingerprint density at radius 2 is 1.17 bits per heavy atom. The Balaban J connectivity index is -0.00000120. The molecule has 0 atom stereocenters. The van der Waals surface area contributed by atoms with Crippen molar-refractivity contribution in [2.75, 3.05) is 0 Å². The van der Waals surface area contributed by atoms with Crippen LogP contribution in [-0.2, 0) is 22.0 Å². The smallest absolute Gasteiger partial charge is 0.810 e. The minimum Gasteiger partial charge on any atom is -0.810 e. The first kappa shape index (κ1) is 44.7. The molecule has 0 heterocycles. The van der Waals surface area contributed by atoms with Crippen LogP contribution in [0.3, 0.4) is 0 Å². The van der Waals surface area contributed by atoms with Gasteiger partial charge in [0, 0.05) is 4.90 Å². The number of benzene rings is 1. The van der Waals surface area contributed by atoms with Crippen LogP contribution in [-0.4, -0.2) is 4.90 Å². The van der Waals surface area contributed by atoms with Crippen molar-refractivity contribution in [2.24, 2.45) is 0 Å². The predicted molar refractivity (Wildman–Crippen MR) is 118 cm³/mol. The summed E-state index contributed by atoms with van der Waals surface area (Å²) in [5.74, 6) is 0. The third-order valence-corrected chi connectivity index (χ3v) is 9.33. The van der Waals surface area contributed by atoms with Crippen molar-refractivity contribution in [2.45, 2.75) is 71.6 Å². The first-order chi connectivity index (χ1) is 14.2. The van der Waals surface area contributed by atoms with E-state index < -0.39 is 32.9 Å². The van der Waals surface area contributed by atoms with Gasteiger partial charge in [-0.3, -0.25) is 0 Å². The SMILES string of the molecule is CC(C)=CCC/C(C)=C/CC(Cc1ccc(CC=C(C)C)cc1)(P(=O)([O-])[O-])P(=O)([O-])[O-].[Na+].[Na+].[Na+].[Na+]. The molecule has 0 unspecified atom stereocenters. The molecule has 0 saturated carbocycles. The van der Waals surface area contributed by atoms with E-state index in [4.69, 9.17) is 0 Å². The fourth-order valence-corrected chi connectivity index (χ4v) is 5.69. The van der Waals surface area contributed by atoms with E-state index in [2.05, 4.69) is 0 Å². The van der Waals surface area contributed by atoms with Gasteiger partial charge < -0.3 is 28.7 Å². The number of allylic oxidation sites excluding steroid dienone is 6. The summed E-state index contributed by atoms with van der Waals surface area (Å²) in [7, 11) is -11.6. The fraction of sp³-hybridized carbons (Fsp3) is 0.478. The average molecular weight is 558 g/mol. The van der Waals surface area contributed by atoms with Gasteiger partial charge >= 0.3 is 118 Å².